The Bertz CT molecular complexity index is 825. The van der Waals surface area contributed by atoms with E-state index in [4.69, 9.17) is 20.4 Å². The first-order chi connectivity index (χ1) is 11.7. The van der Waals surface area contributed by atoms with Crippen molar-refractivity contribution in [2.24, 2.45) is 16.6 Å². The lowest BCUT2D eigenvalue weighted by molar-refractivity contribution is 0.0390. The number of methoxy groups -OCH3 is 1. The summed E-state index contributed by atoms with van der Waals surface area (Å²) < 4.78 is 6.43. The monoisotopic (exact) mass is 343 g/mol. The Kier molecular flexibility index (Phi) is 3.06. The summed E-state index contributed by atoms with van der Waals surface area (Å²) in [6.07, 6.45) is 2.48. The van der Waals surface area contributed by atoms with Crippen molar-refractivity contribution in [2.45, 2.75) is 18.4 Å². The van der Waals surface area contributed by atoms with Gasteiger partial charge in [-0.2, -0.15) is 0 Å². The van der Waals surface area contributed by atoms with Gasteiger partial charge in [-0.1, -0.05) is 11.3 Å². The zero-order valence-electron chi connectivity index (χ0n) is 13.7. The maximum Gasteiger partial charge on any atom is 0.198 e. The Morgan fingerprint density at radius 3 is 2.83 bits per heavy atom. The largest absolute Gasteiger partial charge is 0.497 e. The molecule has 1 spiro atoms. The molecule has 0 amide bonds. The van der Waals surface area contributed by atoms with Crippen molar-refractivity contribution >= 4 is 32.6 Å². The molecule has 7 heteroatoms. The highest BCUT2D eigenvalue weighted by Crippen LogP contribution is 2.43. The van der Waals surface area contributed by atoms with Gasteiger partial charge in [-0.25, -0.2) is 9.98 Å². The minimum atomic E-state index is -0.0316. The average Bonchev–Trinajstić information content (AvgIpc) is 3.16. The molecule has 0 radical (unpaired) electrons. The standard InChI is InChI=1S/C17H21N5OS/c1-23-12-2-3-13-14(8-12)24-16(19-13)22-10-17(20-15(22)18)9-21-6-4-11(17)5-7-21/h2-3,8,11H,4-7,9-10H2,1H3,(H2,18,20). The molecule has 6 rings (SSSR count). The van der Waals surface area contributed by atoms with Crippen LogP contribution in [0.5, 0.6) is 5.75 Å². The van der Waals surface area contributed by atoms with Crippen LogP contribution in [0.3, 0.4) is 0 Å². The van der Waals surface area contributed by atoms with Gasteiger partial charge in [0, 0.05) is 6.54 Å². The van der Waals surface area contributed by atoms with Crippen molar-refractivity contribution in [3.63, 3.8) is 0 Å². The number of fused-ring (bicyclic) bond motifs is 3. The number of ether oxygens (including phenoxy) is 1. The lowest BCUT2D eigenvalue weighted by Crippen LogP contribution is -2.60. The molecule has 24 heavy (non-hydrogen) atoms. The number of aromatic nitrogens is 1. The average molecular weight is 343 g/mol. The van der Waals surface area contributed by atoms with Gasteiger partial charge in [0.2, 0.25) is 0 Å². The molecule has 0 aliphatic carbocycles. The van der Waals surface area contributed by atoms with Gasteiger partial charge in [-0.05, 0) is 50.0 Å². The van der Waals surface area contributed by atoms with E-state index in [1.807, 2.05) is 18.2 Å². The molecular weight excluding hydrogens is 322 g/mol. The van der Waals surface area contributed by atoms with Gasteiger partial charge in [0.15, 0.2) is 11.1 Å². The lowest BCUT2D eigenvalue weighted by atomic mass is 9.73. The van der Waals surface area contributed by atoms with Crippen molar-refractivity contribution in [3.05, 3.63) is 18.2 Å². The number of thiazole rings is 1. The highest BCUT2D eigenvalue weighted by molar-refractivity contribution is 7.22. The summed E-state index contributed by atoms with van der Waals surface area (Å²) in [7, 11) is 1.69. The number of piperidine rings is 3. The molecule has 1 aromatic heterocycles. The quantitative estimate of drug-likeness (QED) is 0.902. The fourth-order valence-corrected chi connectivity index (χ4v) is 5.43. The number of guanidine groups is 1. The molecule has 5 heterocycles. The van der Waals surface area contributed by atoms with E-state index in [2.05, 4.69) is 9.80 Å². The van der Waals surface area contributed by atoms with Crippen molar-refractivity contribution in [1.82, 2.24) is 9.88 Å². The van der Waals surface area contributed by atoms with Crippen LogP contribution in [0, 0.1) is 5.92 Å². The molecule has 3 saturated heterocycles. The van der Waals surface area contributed by atoms with Gasteiger partial charge in [0.1, 0.15) is 5.75 Å². The number of hydrogen-bond donors (Lipinski definition) is 1. The second-order valence-electron chi connectivity index (χ2n) is 7.04. The smallest absolute Gasteiger partial charge is 0.198 e. The minimum absolute atomic E-state index is 0.0316. The second kappa shape index (κ2) is 5.07. The molecule has 6 nitrogen and oxygen atoms in total. The summed E-state index contributed by atoms with van der Waals surface area (Å²) in [5, 5.41) is 0.938. The summed E-state index contributed by atoms with van der Waals surface area (Å²) in [5.41, 5.74) is 7.28. The number of benzene rings is 1. The zero-order valence-corrected chi connectivity index (χ0v) is 14.6. The van der Waals surface area contributed by atoms with E-state index in [0.717, 1.165) is 34.2 Å². The van der Waals surface area contributed by atoms with E-state index in [1.165, 1.54) is 25.9 Å². The number of aliphatic imine (C=N–C) groups is 1. The fourth-order valence-electron chi connectivity index (χ4n) is 4.43. The number of anilines is 1. The van der Waals surface area contributed by atoms with Gasteiger partial charge in [-0.3, -0.25) is 4.90 Å². The Morgan fingerprint density at radius 1 is 1.29 bits per heavy atom. The van der Waals surface area contributed by atoms with Crippen LogP contribution in [0.4, 0.5) is 5.13 Å². The number of nitrogens with zero attached hydrogens (tertiary/aromatic N) is 4. The van der Waals surface area contributed by atoms with E-state index in [9.17, 15) is 0 Å². The van der Waals surface area contributed by atoms with E-state index >= 15 is 0 Å². The maximum absolute atomic E-state index is 6.33. The molecule has 2 aromatic rings. The van der Waals surface area contributed by atoms with Gasteiger partial charge in [0.05, 0.1) is 29.4 Å². The van der Waals surface area contributed by atoms with Crippen molar-refractivity contribution in [3.8, 4) is 5.75 Å². The first-order valence-electron chi connectivity index (χ1n) is 8.47. The van der Waals surface area contributed by atoms with Gasteiger partial charge in [-0.15, -0.1) is 0 Å². The first-order valence-corrected chi connectivity index (χ1v) is 9.28. The van der Waals surface area contributed by atoms with Crippen molar-refractivity contribution < 1.29 is 4.74 Å². The fraction of sp³-hybridized carbons (Fsp3) is 0.529. The third kappa shape index (κ3) is 2.04. The zero-order chi connectivity index (χ0) is 16.3. The molecule has 1 atom stereocenters. The van der Waals surface area contributed by atoms with Crippen LogP contribution in [0.25, 0.3) is 10.2 Å². The number of rotatable bonds is 2. The van der Waals surface area contributed by atoms with Crippen molar-refractivity contribution in [2.75, 3.05) is 38.2 Å². The highest BCUT2D eigenvalue weighted by Gasteiger charge is 2.51. The summed E-state index contributed by atoms with van der Waals surface area (Å²) in [6, 6.07) is 5.98. The predicted octanol–water partition coefficient (Wildman–Crippen LogP) is 1.90. The van der Waals surface area contributed by atoms with Gasteiger partial charge >= 0.3 is 0 Å². The van der Waals surface area contributed by atoms with Gasteiger partial charge < -0.3 is 15.4 Å². The Hall–Kier alpha value is -1.86. The molecule has 2 N–H and O–H groups in total. The van der Waals surface area contributed by atoms with Crippen LogP contribution >= 0.6 is 11.3 Å². The van der Waals surface area contributed by atoms with Crippen LogP contribution in [0.15, 0.2) is 23.2 Å². The van der Waals surface area contributed by atoms with E-state index in [0.29, 0.717) is 11.9 Å². The van der Waals surface area contributed by atoms with E-state index < -0.39 is 0 Å². The highest BCUT2D eigenvalue weighted by atomic mass is 32.1. The maximum atomic E-state index is 6.33. The third-order valence-corrected chi connectivity index (χ3v) is 6.75. The summed E-state index contributed by atoms with van der Waals surface area (Å²) in [6.45, 7) is 4.32. The normalized spacial score (nSPS) is 31.9. The molecule has 126 valence electrons. The van der Waals surface area contributed by atoms with E-state index in [-0.39, 0.29) is 5.54 Å². The molecule has 2 bridgehead atoms. The summed E-state index contributed by atoms with van der Waals surface area (Å²) in [5.74, 6) is 2.13. The lowest BCUT2D eigenvalue weighted by Gasteiger charge is -2.49. The summed E-state index contributed by atoms with van der Waals surface area (Å²) in [4.78, 5) is 14.4. The van der Waals surface area contributed by atoms with Crippen LogP contribution in [0.2, 0.25) is 0 Å². The minimum Gasteiger partial charge on any atom is -0.497 e. The Balaban J connectivity index is 1.49. The molecule has 1 unspecified atom stereocenters. The van der Waals surface area contributed by atoms with Crippen LogP contribution < -0.4 is 15.4 Å². The molecule has 4 aliphatic heterocycles. The Labute approximate surface area is 144 Å². The van der Waals surface area contributed by atoms with Crippen LogP contribution in [0.1, 0.15) is 12.8 Å². The van der Waals surface area contributed by atoms with Crippen LogP contribution in [-0.2, 0) is 0 Å². The molecule has 4 aliphatic rings. The van der Waals surface area contributed by atoms with Gasteiger partial charge in [0.25, 0.3) is 0 Å². The molecule has 0 saturated carbocycles. The molecule has 1 aromatic carbocycles. The summed E-state index contributed by atoms with van der Waals surface area (Å²) >= 11 is 1.66. The SMILES string of the molecule is COc1ccc2nc(N3CC4(CN5CCC4CC5)N=C3N)sc2c1. The third-order valence-electron chi connectivity index (χ3n) is 5.71. The topological polar surface area (TPSA) is 67.0 Å². The molecular formula is C17H21N5OS. The van der Waals surface area contributed by atoms with Crippen molar-refractivity contribution in [1.29, 1.82) is 0 Å². The number of hydrogen-bond acceptors (Lipinski definition) is 7. The predicted molar refractivity (Wildman–Crippen MR) is 97.0 cm³/mol. The second-order valence-corrected chi connectivity index (χ2v) is 8.05. The first kappa shape index (κ1) is 14.5. The number of nitrogens with two attached hydrogens (primary N) is 1. The molecule has 3 fully saturated rings. The van der Waals surface area contributed by atoms with E-state index in [1.54, 1.807) is 18.4 Å². The van der Waals surface area contributed by atoms with Crippen LogP contribution in [-0.4, -0.2) is 54.7 Å². The Morgan fingerprint density at radius 2 is 2.12 bits per heavy atom.